The molecule has 1 fully saturated rings. The molecule has 0 bridgehead atoms. The second-order valence-corrected chi connectivity index (χ2v) is 7.29. The van der Waals surface area contributed by atoms with Crippen LogP contribution in [0.15, 0.2) is 24.8 Å². The van der Waals surface area contributed by atoms with Crippen LogP contribution in [-0.4, -0.2) is 51.1 Å². The number of aromatic nitrogens is 5. The summed E-state index contributed by atoms with van der Waals surface area (Å²) < 4.78 is 0. The van der Waals surface area contributed by atoms with Gasteiger partial charge in [-0.3, -0.25) is 4.98 Å². The van der Waals surface area contributed by atoms with Gasteiger partial charge in [-0.15, -0.1) is 0 Å². The van der Waals surface area contributed by atoms with Crippen molar-refractivity contribution in [2.45, 2.75) is 32.6 Å². The molecule has 5 rings (SSSR count). The number of anilines is 2. The van der Waals surface area contributed by atoms with Gasteiger partial charge in [-0.2, -0.15) is 0 Å². The number of piperazine rings is 1. The number of hydrogen-bond donors (Lipinski definition) is 0. The molecule has 3 aromatic rings. The fraction of sp³-hybridized carbons (Fsp3) is 0.450. The van der Waals surface area contributed by atoms with Crippen LogP contribution in [0, 0.1) is 6.92 Å². The van der Waals surface area contributed by atoms with Gasteiger partial charge in [0.2, 0.25) is 0 Å². The summed E-state index contributed by atoms with van der Waals surface area (Å²) in [4.78, 5) is 27.4. The molecule has 138 valence electrons. The maximum Gasteiger partial charge on any atom is 0.140 e. The summed E-state index contributed by atoms with van der Waals surface area (Å²) in [7, 11) is 0. The Morgan fingerprint density at radius 3 is 2.52 bits per heavy atom. The topological polar surface area (TPSA) is 70.9 Å². The van der Waals surface area contributed by atoms with E-state index in [1.165, 1.54) is 24.1 Å². The first-order valence-corrected chi connectivity index (χ1v) is 9.70. The molecule has 1 saturated heterocycles. The van der Waals surface area contributed by atoms with Gasteiger partial charge in [0.1, 0.15) is 23.8 Å². The lowest BCUT2D eigenvalue weighted by molar-refractivity contribution is 0.620. The van der Waals surface area contributed by atoms with Crippen LogP contribution < -0.4 is 9.80 Å². The third-order valence-corrected chi connectivity index (χ3v) is 5.57. The van der Waals surface area contributed by atoms with E-state index in [0.717, 1.165) is 67.4 Å². The quantitative estimate of drug-likeness (QED) is 0.694. The van der Waals surface area contributed by atoms with Gasteiger partial charge in [0.15, 0.2) is 0 Å². The maximum absolute atomic E-state index is 4.74. The molecule has 1 aliphatic heterocycles. The highest BCUT2D eigenvalue weighted by atomic mass is 15.3. The Bertz CT molecular complexity index is 979. The minimum Gasteiger partial charge on any atom is -0.353 e. The van der Waals surface area contributed by atoms with Crippen molar-refractivity contribution in [1.29, 1.82) is 0 Å². The molecule has 7 heteroatoms. The van der Waals surface area contributed by atoms with Crippen LogP contribution in [0.25, 0.3) is 10.9 Å². The lowest BCUT2D eigenvalue weighted by atomic mass is 9.96. The van der Waals surface area contributed by atoms with E-state index < -0.39 is 0 Å². The summed E-state index contributed by atoms with van der Waals surface area (Å²) in [5.74, 6) is 2.95. The molecular formula is C20H23N7. The smallest absolute Gasteiger partial charge is 0.140 e. The largest absolute Gasteiger partial charge is 0.353 e. The molecule has 7 nitrogen and oxygen atoms in total. The van der Waals surface area contributed by atoms with Gasteiger partial charge in [-0.1, -0.05) is 0 Å². The second-order valence-electron chi connectivity index (χ2n) is 7.29. The lowest BCUT2D eigenvalue weighted by Crippen LogP contribution is -2.47. The van der Waals surface area contributed by atoms with Gasteiger partial charge in [0.05, 0.1) is 11.7 Å². The molecule has 0 saturated carbocycles. The highest BCUT2D eigenvalue weighted by Crippen LogP contribution is 2.29. The SMILES string of the molecule is Cc1nc(N2CCN(c3ncnc4c3CCCC4)CC2)c2ccncc2n1. The summed E-state index contributed by atoms with van der Waals surface area (Å²) in [6.07, 6.45) is 10.0. The molecule has 0 unspecified atom stereocenters. The van der Waals surface area contributed by atoms with E-state index in [-0.39, 0.29) is 0 Å². The van der Waals surface area contributed by atoms with Crippen LogP contribution in [0.2, 0.25) is 0 Å². The molecule has 27 heavy (non-hydrogen) atoms. The van der Waals surface area contributed by atoms with E-state index in [4.69, 9.17) is 4.98 Å². The zero-order chi connectivity index (χ0) is 18.2. The van der Waals surface area contributed by atoms with Gasteiger partial charge in [0.25, 0.3) is 0 Å². The summed E-state index contributed by atoms with van der Waals surface area (Å²) in [5, 5.41) is 1.07. The maximum atomic E-state index is 4.74. The Balaban J connectivity index is 1.40. The van der Waals surface area contributed by atoms with E-state index >= 15 is 0 Å². The second kappa shape index (κ2) is 6.72. The van der Waals surface area contributed by atoms with Gasteiger partial charge in [-0.05, 0) is 38.7 Å². The van der Waals surface area contributed by atoms with Crippen LogP contribution in [-0.2, 0) is 12.8 Å². The van der Waals surface area contributed by atoms with Crippen molar-refractivity contribution in [3.8, 4) is 0 Å². The molecule has 0 N–H and O–H groups in total. The molecular weight excluding hydrogens is 338 g/mol. The summed E-state index contributed by atoms with van der Waals surface area (Å²) in [5.41, 5.74) is 3.53. The van der Waals surface area contributed by atoms with Gasteiger partial charge < -0.3 is 9.80 Å². The Morgan fingerprint density at radius 1 is 0.889 bits per heavy atom. The third kappa shape index (κ3) is 2.97. The Kier molecular flexibility index (Phi) is 4.07. The number of hydrogen-bond acceptors (Lipinski definition) is 7. The molecule has 0 aromatic carbocycles. The van der Waals surface area contributed by atoms with Crippen molar-refractivity contribution < 1.29 is 0 Å². The normalized spacial score (nSPS) is 17.2. The third-order valence-electron chi connectivity index (χ3n) is 5.57. The van der Waals surface area contributed by atoms with Crippen LogP contribution in [0.3, 0.4) is 0 Å². The lowest BCUT2D eigenvalue weighted by Gasteiger charge is -2.37. The summed E-state index contributed by atoms with van der Waals surface area (Å²) >= 11 is 0. The standard InChI is InChI=1S/C20H23N7/c1-14-24-18-12-21-7-6-16(18)20(25-14)27-10-8-26(9-11-27)19-15-4-2-3-5-17(15)22-13-23-19/h6-7,12-13H,2-5,8-11H2,1H3. The molecule has 0 atom stereocenters. The van der Waals surface area contributed by atoms with Crippen molar-refractivity contribution in [2.75, 3.05) is 36.0 Å². The number of pyridine rings is 1. The summed E-state index contributed by atoms with van der Waals surface area (Å²) in [6.45, 7) is 5.68. The number of fused-ring (bicyclic) bond motifs is 2. The predicted octanol–water partition coefficient (Wildman–Crippen LogP) is 2.33. The number of nitrogens with zero attached hydrogens (tertiary/aromatic N) is 7. The molecule has 2 aliphatic rings. The van der Waals surface area contributed by atoms with Crippen molar-refractivity contribution in [3.05, 3.63) is 41.9 Å². The zero-order valence-electron chi connectivity index (χ0n) is 15.6. The minimum absolute atomic E-state index is 0.790. The highest BCUT2D eigenvalue weighted by Gasteiger charge is 2.25. The Labute approximate surface area is 158 Å². The minimum atomic E-state index is 0.790. The first kappa shape index (κ1) is 16.4. The van der Waals surface area contributed by atoms with Crippen LogP contribution in [0.4, 0.5) is 11.6 Å². The zero-order valence-corrected chi connectivity index (χ0v) is 15.6. The van der Waals surface area contributed by atoms with Gasteiger partial charge in [0, 0.05) is 49.0 Å². The molecule has 4 heterocycles. The molecule has 0 radical (unpaired) electrons. The first-order chi connectivity index (χ1) is 13.3. The fourth-order valence-electron chi connectivity index (χ4n) is 4.22. The molecule has 1 aliphatic carbocycles. The predicted molar refractivity (Wildman–Crippen MR) is 105 cm³/mol. The Hall–Kier alpha value is -2.83. The van der Waals surface area contributed by atoms with Gasteiger partial charge in [-0.25, -0.2) is 19.9 Å². The van der Waals surface area contributed by atoms with Crippen LogP contribution in [0.1, 0.15) is 29.9 Å². The van der Waals surface area contributed by atoms with Crippen molar-refractivity contribution >= 4 is 22.5 Å². The van der Waals surface area contributed by atoms with E-state index in [9.17, 15) is 0 Å². The first-order valence-electron chi connectivity index (χ1n) is 9.70. The molecule has 3 aromatic heterocycles. The molecule has 0 amide bonds. The van der Waals surface area contributed by atoms with E-state index in [0.29, 0.717) is 0 Å². The summed E-state index contributed by atoms with van der Waals surface area (Å²) in [6, 6.07) is 2.01. The number of aryl methyl sites for hydroxylation is 2. The average Bonchev–Trinajstić information content (AvgIpc) is 2.73. The monoisotopic (exact) mass is 361 g/mol. The van der Waals surface area contributed by atoms with Crippen molar-refractivity contribution in [3.63, 3.8) is 0 Å². The molecule has 0 spiro atoms. The van der Waals surface area contributed by atoms with Crippen molar-refractivity contribution in [1.82, 2.24) is 24.9 Å². The number of rotatable bonds is 2. The van der Waals surface area contributed by atoms with Crippen LogP contribution in [0.5, 0.6) is 0 Å². The van der Waals surface area contributed by atoms with E-state index in [1.54, 1.807) is 6.33 Å². The highest BCUT2D eigenvalue weighted by molar-refractivity contribution is 5.88. The van der Waals surface area contributed by atoms with Crippen molar-refractivity contribution in [2.24, 2.45) is 0 Å². The van der Waals surface area contributed by atoms with E-state index in [2.05, 4.69) is 29.7 Å². The Morgan fingerprint density at radius 2 is 1.67 bits per heavy atom. The van der Waals surface area contributed by atoms with Crippen LogP contribution >= 0.6 is 0 Å². The fourth-order valence-corrected chi connectivity index (χ4v) is 4.22. The van der Waals surface area contributed by atoms with Gasteiger partial charge >= 0.3 is 0 Å². The average molecular weight is 361 g/mol. The van der Waals surface area contributed by atoms with E-state index in [1.807, 2.05) is 25.4 Å².